The van der Waals surface area contributed by atoms with E-state index in [2.05, 4.69) is 4.98 Å². The summed E-state index contributed by atoms with van der Waals surface area (Å²) in [5.41, 5.74) is 15.1. The fraction of sp³-hybridized carbons (Fsp3) is 0.0625. The molecule has 0 aliphatic rings. The highest BCUT2D eigenvalue weighted by Gasteiger charge is 2.11. The number of nitrogens with zero attached hydrogens (tertiary/aromatic N) is 1. The minimum Gasteiger partial charge on any atom is -0.399 e. The number of benzene rings is 2. The second-order valence-electron chi connectivity index (χ2n) is 4.61. The summed E-state index contributed by atoms with van der Waals surface area (Å²) in [5.74, 6) is 0. The zero-order valence-electron chi connectivity index (χ0n) is 10.8. The van der Waals surface area contributed by atoms with Crippen molar-refractivity contribution in [1.29, 1.82) is 0 Å². The number of aromatic nitrogens is 1. The number of hydrogen-bond donors (Lipinski definition) is 2. The Hall–Kier alpha value is -2.10. The van der Waals surface area contributed by atoms with Crippen LogP contribution >= 0.6 is 11.6 Å². The summed E-state index contributed by atoms with van der Waals surface area (Å²) < 4.78 is 0. The Morgan fingerprint density at radius 1 is 1.05 bits per heavy atom. The van der Waals surface area contributed by atoms with E-state index >= 15 is 0 Å². The van der Waals surface area contributed by atoms with Gasteiger partial charge in [0.1, 0.15) is 0 Å². The molecule has 0 radical (unpaired) electrons. The molecule has 0 atom stereocenters. The maximum atomic E-state index is 6.38. The summed E-state index contributed by atoms with van der Waals surface area (Å²) in [6.07, 6.45) is 1.82. The summed E-state index contributed by atoms with van der Waals surface area (Å²) in [5, 5.41) is 2.68. The van der Waals surface area contributed by atoms with Crippen molar-refractivity contribution in [3.05, 3.63) is 59.4 Å². The lowest BCUT2D eigenvalue weighted by atomic mass is 9.99. The molecule has 0 unspecified atom stereocenters. The zero-order chi connectivity index (χ0) is 14.1. The molecule has 4 heteroatoms. The zero-order valence-corrected chi connectivity index (χ0v) is 11.6. The van der Waals surface area contributed by atoms with E-state index in [1.807, 2.05) is 48.7 Å². The van der Waals surface area contributed by atoms with Gasteiger partial charge in [0.15, 0.2) is 0 Å². The second kappa shape index (κ2) is 5.12. The highest BCUT2D eigenvalue weighted by Crippen LogP contribution is 2.34. The molecule has 2 aromatic carbocycles. The van der Waals surface area contributed by atoms with Gasteiger partial charge in [0, 0.05) is 39.8 Å². The van der Waals surface area contributed by atoms with Crippen molar-refractivity contribution < 1.29 is 0 Å². The lowest BCUT2D eigenvalue weighted by molar-refractivity contribution is 1.01. The highest BCUT2D eigenvalue weighted by atomic mass is 35.5. The van der Waals surface area contributed by atoms with Crippen LogP contribution in [0.5, 0.6) is 0 Å². The van der Waals surface area contributed by atoms with Crippen molar-refractivity contribution in [2.75, 3.05) is 5.73 Å². The van der Waals surface area contributed by atoms with Crippen LogP contribution in [0, 0.1) is 0 Å². The van der Waals surface area contributed by atoms with Gasteiger partial charge >= 0.3 is 0 Å². The van der Waals surface area contributed by atoms with Crippen LogP contribution < -0.4 is 11.5 Å². The molecule has 3 aromatic rings. The van der Waals surface area contributed by atoms with Crippen molar-refractivity contribution >= 4 is 28.1 Å². The quantitative estimate of drug-likeness (QED) is 0.706. The molecule has 100 valence electrons. The SMILES string of the molecule is NCc1ncc(-c2ccc(N)cc2)c2c(Cl)cccc12. The molecule has 1 heterocycles. The van der Waals surface area contributed by atoms with E-state index in [-0.39, 0.29) is 0 Å². The van der Waals surface area contributed by atoms with Gasteiger partial charge in [-0.3, -0.25) is 4.98 Å². The maximum absolute atomic E-state index is 6.38. The number of anilines is 1. The lowest BCUT2D eigenvalue weighted by Gasteiger charge is -2.11. The van der Waals surface area contributed by atoms with E-state index in [9.17, 15) is 0 Å². The summed E-state index contributed by atoms with van der Waals surface area (Å²) in [4.78, 5) is 4.45. The molecule has 0 aliphatic carbocycles. The van der Waals surface area contributed by atoms with E-state index in [0.29, 0.717) is 11.6 Å². The fourth-order valence-electron chi connectivity index (χ4n) is 2.36. The summed E-state index contributed by atoms with van der Waals surface area (Å²) >= 11 is 6.38. The van der Waals surface area contributed by atoms with Crippen molar-refractivity contribution in [3.8, 4) is 11.1 Å². The predicted molar refractivity (Wildman–Crippen MR) is 84.5 cm³/mol. The molecular formula is C16H14ClN3. The normalized spacial score (nSPS) is 10.9. The third kappa shape index (κ3) is 2.11. The predicted octanol–water partition coefficient (Wildman–Crippen LogP) is 3.60. The third-order valence-corrected chi connectivity index (χ3v) is 3.67. The van der Waals surface area contributed by atoms with Crippen LogP contribution in [0.2, 0.25) is 5.02 Å². The Bertz CT molecular complexity index is 767. The monoisotopic (exact) mass is 283 g/mol. The molecule has 20 heavy (non-hydrogen) atoms. The standard InChI is InChI=1S/C16H14ClN3/c17-14-3-1-2-12-15(8-18)20-9-13(16(12)14)10-4-6-11(19)7-5-10/h1-7,9H,8,18-19H2. The van der Waals surface area contributed by atoms with Gasteiger partial charge in [-0.2, -0.15) is 0 Å². The van der Waals surface area contributed by atoms with Crippen molar-refractivity contribution in [2.45, 2.75) is 6.54 Å². The molecule has 3 rings (SSSR count). The Morgan fingerprint density at radius 2 is 1.80 bits per heavy atom. The summed E-state index contributed by atoms with van der Waals surface area (Å²) in [7, 11) is 0. The largest absolute Gasteiger partial charge is 0.399 e. The van der Waals surface area contributed by atoms with Crippen molar-refractivity contribution in [2.24, 2.45) is 5.73 Å². The number of nitrogen functional groups attached to an aromatic ring is 1. The molecule has 0 spiro atoms. The number of hydrogen-bond acceptors (Lipinski definition) is 3. The summed E-state index contributed by atoms with van der Waals surface area (Å²) in [6, 6.07) is 13.5. The molecule has 0 fully saturated rings. The minimum absolute atomic E-state index is 0.388. The second-order valence-corrected chi connectivity index (χ2v) is 5.01. The van der Waals surface area contributed by atoms with Crippen molar-refractivity contribution in [3.63, 3.8) is 0 Å². The van der Waals surface area contributed by atoms with Gasteiger partial charge in [0.05, 0.1) is 5.69 Å². The van der Waals surface area contributed by atoms with Crippen LogP contribution in [-0.2, 0) is 6.54 Å². The average Bonchev–Trinajstić information content (AvgIpc) is 2.47. The van der Waals surface area contributed by atoms with Gasteiger partial charge in [-0.05, 0) is 23.8 Å². The first-order valence-corrected chi connectivity index (χ1v) is 6.70. The van der Waals surface area contributed by atoms with Gasteiger partial charge in [-0.15, -0.1) is 0 Å². The maximum Gasteiger partial charge on any atom is 0.0618 e. The van der Waals surface area contributed by atoms with Gasteiger partial charge in [-0.25, -0.2) is 0 Å². The van der Waals surface area contributed by atoms with Gasteiger partial charge < -0.3 is 11.5 Å². The fourth-order valence-corrected chi connectivity index (χ4v) is 2.64. The van der Waals surface area contributed by atoms with E-state index in [1.54, 1.807) is 0 Å². The highest BCUT2D eigenvalue weighted by molar-refractivity contribution is 6.36. The first kappa shape index (κ1) is 12.9. The third-order valence-electron chi connectivity index (χ3n) is 3.36. The van der Waals surface area contributed by atoms with Crippen LogP contribution in [0.3, 0.4) is 0 Å². The number of pyridine rings is 1. The number of fused-ring (bicyclic) bond motifs is 1. The molecule has 0 aliphatic heterocycles. The Morgan fingerprint density at radius 3 is 2.50 bits per heavy atom. The van der Waals surface area contributed by atoms with Gasteiger partial charge in [-0.1, -0.05) is 35.9 Å². The Labute approximate surface area is 122 Å². The van der Waals surface area contributed by atoms with Gasteiger partial charge in [0.25, 0.3) is 0 Å². The Kier molecular flexibility index (Phi) is 3.30. The summed E-state index contributed by atoms with van der Waals surface area (Å²) in [6.45, 7) is 0.388. The van der Waals surface area contributed by atoms with E-state index < -0.39 is 0 Å². The van der Waals surface area contributed by atoms with E-state index in [1.165, 1.54) is 0 Å². The van der Waals surface area contributed by atoms with Crippen LogP contribution in [0.4, 0.5) is 5.69 Å². The first-order valence-electron chi connectivity index (χ1n) is 6.33. The number of halogens is 1. The van der Waals surface area contributed by atoms with Crippen LogP contribution in [0.25, 0.3) is 21.9 Å². The average molecular weight is 284 g/mol. The molecule has 4 N–H and O–H groups in total. The van der Waals surface area contributed by atoms with E-state index in [0.717, 1.165) is 33.3 Å². The molecular weight excluding hydrogens is 270 g/mol. The van der Waals surface area contributed by atoms with Crippen LogP contribution in [0.15, 0.2) is 48.7 Å². The van der Waals surface area contributed by atoms with Crippen molar-refractivity contribution in [1.82, 2.24) is 4.98 Å². The van der Waals surface area contributed by atoms with Gasteiger partial charge in [0.2, 0.25) is 0 Å². The molecule has 1 aromatic heterocycles. The molecule has 0 saturated heterocycles. The molecule has 0 saturated carbocycles. The van der Waals surface area contributed by atoms with Crippen LogP contribution in [0.1, 0.15) is 5.69 Å². The topological polar surface area (TPSA) is 64.9 Å². The molecule has 0 bridgehead atoms. The lowest BCUT2D eigenvalue weighted by Crippen LogP contribution is -2.01. The number of nitrogens with two attached hydrogens (primary N) is 2. The smallest absolute Gasteiger partial charge is 0.0618 e. The number of rotatable bonds is 2. The van der Waals surface area contributed by atoms with E-state index in [4.69, 9.17) is 23.1 Å². The molecule has 0 amide bonds. The minimum atomic E-state index is 0.388. The first-order chi connectivity index (χ1) is 9.70. The Balaban J connectivity index is 2.34. The molecule has 3 nitrogen and oxygen atoms in total. The van der Waals surface area contributed by atoms with Crippen LogP contribution in [-0.4, -0.2) is 4.98 Å².